The second-order valence-corrected chi connectivity index (χ2v) is 5.73. The lowest BCUT2D eigenvalue weighted by Gasteiger charge is -2.41. The summed E-state index contributed by atoms with van der Waals surface area (Å²) in [4.78, 5) is 14.4. The molecule has 0 amide bonds. The summed E-state index contributed by atoms with van der Waals surface area (Å²) >= 11 is 0. The van der Waals surface area contributed by atoms with Gasteiger partial charge in [-0.15, -0.1) is 0 Å². The van der Waals surface area contributed by atoms with Gasteiger partial charge in [0, 0.05) is 25.2 Å². The molecule has 1 fully saturated rings. The molecule has 5 heteroatoms. The lowest BCUT2D eigenvalue weighted by molar-refractivity contribution is -0.150. The van der Waals surface area contributed by atoms with Gasteiger partial charge in [-0.1, -0.05) is 6.92 Å². The predicted octanol–water partition coefficient (Wildman–Crippen LogP) is 1.03. The summed E-state index contributed by atoms with van der Waals surface area (Å²) in [5.41, 5.74) is -0.673. The van der Waals surface area contributed by atoms with E-state index in [-0.39, 0.29) is 12.0 Å². The Morgan fingerprint density at radius 3 is 2.79 bits per heavy atom. The summed E-state index contributed by atoms with van der Waals surface area (Å²) in [6.07, 6.45) is 1.03. The molecule has 0 aromatic carbocycles. The van der Waals surface area contributed by atoms with E-state index in [4.69, 9.17) is 9.47 Å². The molecule has 0 saturated carbocycles. The molecule has 0 spiro atoms. The van der Waals surface area contributed by atoms with Gasteiger partial charge in [0.25, 0.3) is 0 Å². The van der Waals surface area contributed by atoms with E-state index in [1.54, 1.807) is 0 Å². The van der Waals surface area contributed by atoms with Crippen LogP contribution in [-0.2, 0) is 14.3 Å². The number of ether oxygens (including phenoxy) is 2. The van der Waals surface area contributed by atoms with E-state index in [0.29, 0.717) is 12.6 Å². The van der Waals surface area contributed by atoms with Crippen LogP contribution < -0.4 is 5.32 Å². The van der Waals surface area contributed by atoms with Crippen LogP contribution in [-0.4, -0.2) is 61.9 Å². The van der Waals surface area contributed by atoms with Crippen LogP contribution in [0.15, 0.2) is 0 Å². The molecular formula is C14H28N2O3. The van der Waals surface area contributed by atoms with E-state index in [9.17, 15) is 4.79 Å². The Morgan fingerprint density at radius 2 is 2.26 bits per heavy atom. The topological polar surface area (TPSA) is 50.8 Å². The molecule has 1 rings (SSSR count). The van der Waals surface area contributed by atoms with Crippen molar-refractivity contribution < 1.29 is 14.3 Å². The molecule has 0 aliphatic carbocycles. The maximum absolute atomic E-state index is 12.1. The molecule has 1 aliphatic rings. The third kappa shape index (κ3) is 4.44. The minimum atomic E-state index is -0.673. The Balaban J connectivity index is 2.78. The zero-order chi connectivity index (χ0) is 14.5. The van der Waals surface area contributed by atoms with Crippen LogP contribution in [0.3, 0.4) is 0 Å². The average molecular weight is 272 g/mol. The van der Waals surface area contributed by atoms with Crippen LogP contribution >= 0.6 is 0 Å². The molecular weight excluding hydrogens is 244 g/mol. The first kappa shape index (κ1) is 16.4. The van der Waals surface area contributed by atoms with E-state index >= 15 is 0 Å². The first-order valence-electron chi connectivity index (χ1n) is 7.11. The number of carbonyl (C=O) groups excluding carboxylic acids is 1. The van der Waals surface area contributed by atoms with Crippen molar-refractivity contribution in [2.45, 2.75) is 51.7 Å². The molecule has 0 bridgehead atoms. The van der Waals surface area contributed by atoms with Gasteiger partial charge in [-0.2, -0.15) is 0 Å². The highest BCUT2D eigenvalue weighted by molar-refractivity contribution is 5.80. The van der Waals surface area contributed by atoms with Gasteiger partial charge in [-0.3, -0.25) is 15.0 Å². The fourth-order valence-electron chi connectivity index (χ4n) is 2.71. The number of hydrogen-bond donors (Lipinski definition) is 1. The van der Waals surface area contributed by atoms with Crippen LogP contribution in [0.5, 0.6) is 0 Å². The normalized spacial score (nSPS) is 24.2. The van der Waals surface area contributed by atoms with Gasteiger partial charge in [0.1, 0.15) is 5.54 Å². The number of carbonyl (C=O) groups is 1. The van der Waals surface area contributed by atoms with E-state index in [0.717, 1.165) is 26.2 Å². The monoisotopic (exact) mass is 272 g/mol. The third-order valence-electron chi connectivity index (χ3n) is 3.58. The summed E-state index contributed by atoms with van der Waals surface area (Å²) in [5.74, 6) is -0.206. The molecule has 0 radical (unpaired) electrons. The largest absolute Gasteiger partial charge is 0.468 e. The highest BCUT2D eigenvalue weighted by Gasteiger charge is 2.38. The van der Waals surface area contributed by atoms with E-state index in [1.807, 2.05) is 20.8 Å². The lowest BCUT2D eigenvalue weighted by Crippen LogP contribution is -2.62. The lowest BCUT2D eigenvalue weighted by atomic mass is 9.98. The molecule has 1 N–H and O–H groups in total. The number of methoxy groups -OCH3 is 1. The van der Waals surface area contributed by atoms with Gasteiger partial charge in [0.2, 0.25) is 0 Å². The van der Waals surface area contributed by atoms with Crippen molar-refractivity contribution in [1.29, 1.82) is 0 Å². The van der Waals surface area contributed by atoms with E-state index in [1.165, 1.54) is 7.11 Å². The molecule has 0 aromatic heterocycles. The van der Waals surface area contributed by atoms with Gasteiger partial charge >= 0.3 is 5.97 Å². The van der Waals surface area contributed by atoms with Crippen molar-refractivity contribution in [3.63, 3.8) is 0 Å². The van der Waals surface area contributed by atoms with Crippen LogP contribution in [0, 0.1) is 0 Å². The number of morpholine rings is 1. The van der Waals surface area contributed by atoms with Crippen molar-refractivity contribution in [2.24, 2.45) is 0 Å². The molecule has 1 saturated heterocycles. The zero-order valence-electron chi connectivity index (χ0n) is 12.9. The Kier molecular flexibility index (Phi) is 6.23. The quantitative estimate of drug-likeness (QED) is 0.732. The van der Waals surface area contributed by atoms with Gasteiger partial charge in [-0.25, -0.2) is 0 Å². The Morgan fingerprint density at radius 1 is 1.58 bits per heavy atom. The first-order chi connectivity index (χ1) is 8.92. The molecule has 2 atom stereocenters. The maximum atomic E-state index is 12.1. The summed E-state index contributed by atoms with van der Waals surface area (Å²) in [6, 6.07) is 0.608. The second kappa shape index (κ2) is 7.22. The van der Waals surface area contributed by atoms with E-state index < -0.39 is 5.54 Å². The van der Waals surface area contributed by atoms with Crippen molar-refractivity contribution in [1.82, 2.24) is 10.2 Å². The number of rotatable bonds is 6. The highest BCUT2D eigenvalue weighted by Crippen LogP contribution is 2.17. The first-order valence-corrected chi connectivity index (χ1v) is 7.11. The summed E-state index contributed by atoms with van der Waals surface area (Å²) in [7, 11) is 1.44. The Bertz CT molecular complexity index is 296. The van der Waals surface area contributed by atoms with Crippen molar-refractivity contribution in [2.75, 3.05) is 33.4 Å². The van der Waals surface area contributed by atoms with Crippen molar-refractivity contribution in [3.8, 4) is 0 Å². The average Bonchev–Trinajstić information content (AvgIpc) is 2.37. The van der Waals surface area contributed by atoms with E-state index in [2.05, 4.69) is 17.1 Å². The Labute approximate surface area is 116 Å². The second-order valence-electron chi connectivity index (χ2n) is 5.73. The number of nitrogens with zero attached hydrogens (tertiary/aromatic N) is 1. The molecule has 19 heavy (non-hydrogen) atoms. The van der Waals surface area contributed by atoms with Crippen LogP contribution in [0.1, 0.15) is 34.1 Å². The van der Waals surface area contributed by atoms with Crippen LogP contribution in [0.2, 0.25) is 0 Å². The summed E-state index contributed by atoms with van der Waals surface area (Å²) in [6.45, 7) is 11.1. The SMILES string of the molecule is CCC1COCCN1CC(C)(NC(C)C)C(=O)OC. The fraction of sp³-hybridized carbons (Fsp3) is 0.929. The third-order valence-corrected chi connectivity index (χ3v) is 3.58. The molecule has 0 aromatic rings. The predicted molar refractivity (Wildman–Crippen MR) is 75.2 cm³/mol. The number of esters is 1. The summed E-state index contributed by atoms with van der Waals surface area (Å²) in [5, 5.41) is 3.34. The summed E-state index contributed by atoms with van der Waals surface area (Å²) < 4.78 is 10.5. The van der Waals surface area contributed by atoms with Crippen molar-refractivity contribution >= 4 is 5.97 Å². The maximum Gasteiger partial charge on any atom is 0.327 e. The van der Waals surface area contributed by atoms with Gasteiger partial charge in [-0.05, 0) is 27.2 Å². The van der Waals surface area contributed by atoms with Gasteiger partial charge in [0.05, 0.1) is 20.3 Å². The highest BCUT2D eigenvalue weighted by atomic mass is 16.5. The molecule has 1 aliphatic heterocycles. The molecule has 1 heterocycles. The molecule has 2 unspecified atom stereocenters. The minimum absolute atomic E-state index is 0.206. The van der Waals surface area contributed by atoms with Crippen molar-refractivity contribution in [3.05, 3.63) is 0 Å². The van der Waals surface area contributed by atoms with Crippen LogP contribution in [0.4, 0.5) is 0 Å². The Hall–Kier alpha value is -0.650. The number of hydrogen-bond acceptors (Lipinski definition) is 5. The fourth-order valence-corrected chi connectivity index (χ4v) is 2.71. The molecule has 5 nitrogen and oxygen atoms in total. The smallest absolute Gasteiger partial charge is 0.327 e. The van der Waals surface area contributed by atoms with Gasteiger partial charge in [0.15, 0.2) is 0 Å². The molecule has 112 valence electrons. The zero-order valence-corrected chi connectivity index (χ0v) is 12.9. The van der Waals surface area contributed by atoms with Crippen LogP contribution in [0.25, 0.3) is 0 Å². The minimum Gasteiger partial charge on any atom is -0.468 e. The standard InChI is InChI=1S/C14H28N2O3/c1-6-12-9-19-8-7-16(12)10-14(4,13(17)18-5)15-11(2)3/h11-12,15H,6-10H2,1-5H3. The van der Waals surface area contributed by atoms with Gasteiger partial charge < -0.3 is 9.47 Å². The number of nitrogens with one attached hydrogen (secondary N) is 1.